The van der Waals surface area contributed by atoms with Crippen LogP contribution in [0.5, 0.6) is 0 Å². The lowest BCUT2D eigenvalue weighted by Gasteiger charge is -2.26. The topological polar surface area (TPSA) is 55.4 Å². The Kier molecular flexibility index (Phi) is 3.37. The maximum Gasteiger partial charge on any atom is 0.408 e. The highest BCUT2D eigenvalue weighted by Crippen LogP contribution is 2.28. The normalized spacial score (nSPS) is 19.7. The van der Waals surface area contributed by atoms with Crippen LogP contribution in [0.2, 0.25) is 0 Å². The van der Waals surface area contributed by atoms with Crippen LogP contribution in [0.4, 0.5) is 4.79 Å². The molecule has 85 valence electrons. The van der Waals surface area contributed by atoms with Gasteiger partial charge in [0.05, 0.1) is 0 Å². The number of carbonyl (C=O) groups is 1. The number of amides is 1. The lowest BCUT2D eigenvalue weighted by atomic mass is 10.0. The van der Waals surface area contributed by atoms with E-state index in [4.69, 9.17) is 4.74 Å². The van der Waals surface area contributed by atoms with Gasteiger partial charge in [0.15, 0.2) is 0 Å². The Hall–Kier alpha value is -1.06. The third-order valence-electron chi connectivity index (χ3n) is 2.39. The molecule has 4 heteroatoms. The summed E-state index contributed by atoms with van der Waals surface area (Å²) in [5, 5.41) is 2.61. The molecule has 0 aromatic rings. The van der Waals surface area contributed by atoms with Gasteiger partial charge in [-0.05, 0) is 33.6 Å². The van der Waals surface area contributed by atoms with Gasteiger partial charge in [0, 0.05) is 0 Å². The van der Waals surface area contributed by atoms with E-state index < -0.39 is 17.2 Å². The van der Waals surface area contributed by atoms with Crippen molar-refractivity contribution in [1.82, 2.24) is 5.32 Å². The van der Waals surface area contributed by atoms with Crippen LogP contribution >= 0.6 is 0 Å². The van der Waals surface area contributed by atoms with Gasteiger partial charge in [-0.2, -0.15) is 0 Å². The van der Waals surface area contributed by atoms with Gasteiger partial charge in [-0.1, -0.05) is 12.8 Å². The number of nitrogens with one attached hydrogen (secondary N) is 1. The van der Waals surface area contributed by atoms with E-state index in [9.17, 15) is 9.59 Å². The highest BCUT2D eigenvalue weighted by molar-refractivity contribution is 5.77. The zero-order chi connectivity index (χ0) is 11.5. The molecule has 1 saturated carbocycles. The van der Waals surface area contributed by atoms with Crippen LogP contribution in [0.25, 0.3) is 0 Å². The smallest absolute Gasteiger partial charge is 0.408 e. The predicted molar refractivity (Wildman–Crippen MR) is 56.3 cm³/mol. The fraction of sp³-hybridized carbons (Fsp3) is 0.818. The average Bonchev–Trinajstić information content (AvgIpc) is 2.50. The molecular formula is C11H18NO3. The predicted octanol–water partition coefficient (Wildman–Crippen LogP) is 1.93. The van der Waals surface area contributed by atoms with E-state index in [1.54, 1.807) is 20.8 Å². The first-order chi connectivity index (χ1) is 6.87. The quantitative estimate of drug-likeness (QED) is 0.761. The molecule has 1 fully saturated rings. The number of hydrogen-bond acceptors (Lipinski definition) is 3. The monoisotopic (exact) mass is 212 g/mol. The van der Waals surface area contributed by atoms with Crippen LogP contribution in [0.3, 0.4) is 0 Å². The molecule has 1 amide bonds. The Bertz CT molecular complexity index is 249. The Morgan fingerprint density at radius 3 is 2.27 bits per heavy atom. The van der Waals surface area contributed by atoms with E-state index in [1.165, 1.54) is 0 Å². The minimum absolute atomic E-state index is 0.534. The van der Waals surface area contributed by atoms with Gasteiger partial charge in [-0.3, -0.25) is 4.79 Å². The Morgan fingerprint density at radius 1 is 1.33 bits per heavy atom. The third kappa shape index (κ3) is 3.53. The molecule has 0 spiro atoms. The van der Waals surface area contributed by atoms with E-state index in [0.29, 0.717) is 12.8 Å². The summed E-state index contributed by atoms with van der Waals surface area (Å²) in [4.78, 5) is 22.3. The van der Waals surface area contributed by atoms with Crippen molar-refractivity contribution >= 4 is 12.4 Å². The molecular weight excluding hydrogens is 194 g/mol. The SMILES string of the molecule is CC(C)(C)OC(=O)NC1([C]=O)CCCC1. The minimum Gasteiger partial charge on any atom is -0.444 e. The van der Waals surface area contributed by atoms with Crippen molar-refractivity contribution in [3.8, 4) is 0 Å². The third-order valence-corrected chi connectivity index (χ3v) is 2.39. The molecule has 0 atom stereocenters. The van der Waals surface area contributed by atoms with Crippen molar-refractivity contribution in [2.24, 2.45) is 0 Å². The number of rotatable bonds is 2. The summed E-state index contributed by atoms with van der Waals surface area (Å²) in [7, 11) is 0. The maximum atomic E-state index is 11.5. The Morgan fingerprint density at radius 2 is 1.87 bits per heavy atom. The van der Waals surface area contributed by atoms with E-state index >= 15 is 0 Å². The summed E-state index contributed by atoms with van der Waals surface area (Å²) in [5.41, 5.74) is -1.34. The Balaban J connectivity index is 2.52. The molecule has 1 radical (unpaired) electrons. The van der Waals surface area contributed by atoms with Crippen LogP contribution in [-0.4, -0.2) is 23.5 Å². The summed E-state index contributed by atoms with van der Waals surface area (Å²) >= 11 is 0. The van der Waals surface area contributed by atoms with Crippen LogP contribution in [-0.2, 0) is 9.53 Å². The van der Waals surface area contributed by atoms with Gasteiger partial charge in [0.1, 0.15) is 11.1 Å². The average molecular weight is 212 g/mol. The van der Waals surface area contributed by atoms with Crippen LogP contribution in [0.15, 0.2) is 0 Å². The molecule has 1 aliphatic carbocycles. The van der Waals surface area contributed by atoms with Crippen molar-refractivity contribution in [2.75, 3.05) is 0 Å². The van der Waals surface area contributed by atoms with Crippen molar-refractivity contribution < 1.29 is 14.3 Å². The lowest BCUT2D eigenvalue weighted by Crippen LogP contribution is -2.49. The molecule has 4 nitrogen and oxygen atoms in total. The van der Waals surface area contributed by atoms with E-state index in [2.05, 4.69) is 5.32 Å². The van der Waals surface area contributed by atoms with Crippen LogP contribution in [0.1, 0.15) is 46.5 Å². The Labute approximate surface area is 90.4 Å². The molecule has 0 aliphatic heterocycles. The summed E-state index contributed by atoms with van der Waals surface area (Å²) in [5.74, 6) is 0. The minimum atomic E-state index is -0.803. The first kappa shape index (κ1) is 12.0. The number of alkyl carbamates (subject to hydrolysis) is 1. The van der Waals surface area contributed by atoms with Crippen LogP contribution in [0, 0.1) is 0 Å². The zero-order valence-corrected chi connectivity index (χ0v) is 9.55. The van der Waals surface area contributed by atoms with Gasteiger partial charge in [-0.15, -0.1) is 0 Å². The molecule has 1 N–H and O–H groups in total. The molecule has 1 rings (SSSR count). The second-order valence-corrected chi connectivity index (χ2v) is 5.02. The van der Waals surface area contributed by atoms with E-state index in [-0.39, 0.29) is 0 Å². The summed E-state index contributed by atoms with van der Waals surface area (Å²) in [6.07, 6.45) is 4.62. The zero-order valence-electron chi connectivity index (χ0n) is 9.55. The highest BCUT2D eigenvalue weighted by Gasteiger charge is 2.37. The van der Waals surface area contributed by atoms with Gasteiger partial charge in [0.25, 0.3) is 0 Å². The molecule has 0 aromatic carbocycles. The number of hydrogen-bond donors (Lipinski definition) is 1. The standard InChI is InChI=1S/C11H18NO3/c1-10(2,3)15-9(14)12-11(8-13)6-4-5-7-11/h4-7H2,1-3H3,(H,12,14). The second-order valence-electron chi connectivity index (χ2n) is 5.02. The van der Waals surface area contributed by atoms with Crippen molar-refractivity contribution in [2.45, 2.75) is 57.6 Å². The molecule has 15 heavy (non-hydrogen) atoms. The highest BCUT2D eigenvalue weighted by atomic mass is 16.6. The molecule has 0 aromatic heterocycles. The molecule has 0 unspecified atom stereocenters. The fourth-order valence-electron chi connectivity index (χ4n) is 1.73. The van der Waals surface area contributed by atoms with Crippen LogP contribution < -0.4 is 5.32 Å². The fourth-order valence-corrected chi connectivity index (χ4v) is 1.73. The first-order valence-electron chi connectivity index (χ1n) is 5.27. The first-order valence-corrected chi connectivity index (χ1v) is 5.27. The number of ether oxygens (including phenoxy) is 1. The summed E-state index contributed by atoms with van der Waals surface area (Å²) < 4.78 is 5.10. The number of carbonyl (C=O) groups excluding carboxylic acids is 2. The van der Waals surface area contributed by atoms with Gasteiger partial charge < -0.3 is 10.1 Å². The molecule has 0 saturated heterocycles. The van der Waals surface area contributed by atoms with Crippen molar-refractivity contribution in [1.29, 1.82) is 0 Å². The largest absolute Gasteiger partial charge is 0.444 e. The molecule has 0 heterocycles. The lowest BCUT2D eigenvalue weighted by molar-refractivity contribution is 0.0485. The molecule has 1 aliphatic rings. The van der Waals surface area contributed by atoms with Gasteiger partial charge >= 0.3 is 6.09 Å². The van der Waals surface area contributed by atoms with Crippen molar-refractivity contribution in [3.05, 3.63) is 0 Å². The van der Waals surface area contributed by atoms with E-state index in [0.717, 1.165) is 12.8 Å². The second kappa shape index (κ2) is 4.21. The summed E-state index contributed by atoms with van der Waals surface area (Å²) in [6, 6.07) is 0. The molecule has 0 bridgehead atoms. The van der Waals surface area contributed by atoms with Gasteiger partial charge in [-0.25, -0.2) is 4.79 Å². The van der Waals surface area contributed by atoms with Crippen molar-refractivity contribution in [3.63, 3.8) is 0 Å². The summed E-state index contributed by atoms with van der Waals surface area (Å²) in [6.45, 7) is 5.37. The van der Waals surface area contributed by atoms with E-state index in [1.807, 2.05) is 6.29 Å². The van der Waals surface area contributed by atoms with Gasteiger partial charge in [0.2, 0.25) is 6.29 Å². The maximum absolute atomic E-state index is 11.5.